The highest BCUT2D eigenvalue weighted by Crippen LogP contribution is 2.28. The minimum Gasteiger partial charge on any atom is -0.298 e. The van der Waals surface area contributed by atoms with Crippen molar-refractivity contribution in [3.8, 4) is 0 Å². The number of nitrogens with zero attached hydrogens (tertiary/aromatic N) is 1. The van der Waals surface area contributed by atoms with Crippen molar-refractivity contribution in [2.45, 2.75) is 20.8 Å². The first kappa shape index (κ1) is 12.3. The molecule has 0 radical (unpaired) electrons. The van der Waals surface area contributed by atoms with Crippen molar-refractivity contribution in [1.29, 1.82) is 0 Å². The molecule has 2 nitrogen and oxygen atoms in total. The van der Waals surface area contributed by atoms with E-state index in [9.17, 15) is 4.79 Å². The van der Waals surface area contributed by atoms with Gasteiger partial charge in [-0.2, -0.15) is 0 Å². The Morgan fingerprint density at radius 1 is 1.33 bits per heavy atom. The van der Waals surface area contributed by atoms with Crippen LogP contribution in [0.4, 0.5) is 5.69 Å². The summed E-state index contributed by atoms with van der Waals surface area (Å²) in [4.78, 5) is 12.8. The molecule has 0 saturated carbocycles. The molecule has 1 aromatic carbocycles. The maximum atomic E-state index is 11.3. The van der Waals surface area contributed by atoms with Gasteiger partial charge >= 0.3 is 0 Å². The smallest absolute Gasteiger partial charge is 0.224 e. The second-order valence-electron chi connectivity index (χ2n) is 3.38. The van der Waals surface area contributed by atoms with Gasteiger partial charge in [0.1, 0.15) is 6.00 Å². The maximum Gasteiger partial charge on any atom is 0.224 e. The summed E-state index contributed by atoms with van der Waals surface area (Å²) >= 11 is 11.7. The molecule has 0 saturated heterocycles. The Morgan fingerprint density at radius 3 is 2.40 bits per heavy atom. The standard InChI is InChI=1S/C11H13Cl2NO/c1-7-8(2)11(5-4-10(7)13)14(6-12)9(3)15/h4-5H,6H2,1-3H3. The molecule has 1 aromatic rings. The van der Waals surface area contributed by atoms with E-state index in [1.165, 1.54) is 11.8 Å². The molecule has 0 atom stereocenters. The van der Waals surface area contributed by atoms with E-state index in [0.29, 0.717) is 5.02 Å². The van der Waals surface area contributed by atoms with Crippen LogP contribution in [0.1, 0.15) is 18.1 Å². The van der Waals surface area contributed by atoms with Crippen LogP contribution in [0.5, 0.6) is 0 Å². The van der Waals surface area contributed by atoms with Gasteiger partial charge in [-0.25, -0.2) is 0 Å². The van der Waals surface area contributed by atoms with E-state index < -0.39 is 0 Å². The number of rotatable bonds is 2. The third kappa shape index (κ3) is 2.44. The van der Waals surface area contributed by atoms with Gasteiger partial charge in [0.2, 0.25) is 5.91 Å². The van der Waals surface area contributed by atoms with Crippen LogP contribution in [0.2, 0.25) is 5.02 Å². The minimum atomic E-state index is -0.0742. The quantitative estimate of drug-likeness (QED) is 0.577. The highest BCUT2D eigenvalue weighted by Gasteiger charge is 2.14. The van der Waals surface area contributed by atoms with Crippen molar-refractivity contribution in [3.63, 3.8) is 0 Å². The summed E-state index contributed by atoms with van der Waals surface area (Å²) < 4.78 is 0. The molecular formula is C11H13Cl2NO. The number of benzene rings is 1. The topological polar surface area (TPSA) is 20.3 Å². The van der Waals surface area contributed by atoms with Gasteiger partial charge < -0.3 is 0 Å². The molecule has 0 aliphatic carbocycles. The molecule has 82 valence electrons. The van der Waals surface area contributed by atoms with Gasteiger partial charge in [-0.3, -0.25) is 9.69 Å². The Bertz CT molecular complexity index is 390. The zero-order valence-electron chi connectivity index (χ0n) is 8.97. The summed E-state index contributed by atoms with van der Waals surface area (Å²) in [6, 6.07) is 3.74. The van der Waals surface area contributed by atoms with E-state index in [1.807, 2.05) is 19.9 Å². The lowest BCUT2D eigenvalue weighted by Crippen LogP contribution is -2.27. The monoisotopic (exact) mass is 245 g/mol. The number of halogens is 2. The van der Waals surface area contributed by atoms with E-state index in [1.54, 1.807) is 6.07 Å². The van der Waals surface area contributed by atoms with Crippen LogP contribution in [0, 0.1) is 13.8 Å². The molecule has 15 heavy (non-hydrogen) atoms. The molecule has 0 aliphatic heterocycles. The highest BCUT2D eigenvalue weighted by atomic mass is 35.5. The van der Waals surface area contributed by atoms with Gasteiger partial charge in [0.15, 0.2) is 0 Å². The lowest BCUT2D eigenvalue weighted by molar-refractivity contribution is -0.116. The molecule has 0 bridgehead atoms. The number of hydrogen-bond acceptors (Lipinski definition) is 1. The van der Waals surface area contributed by atoms with Crippen molar-refractivity contribution in [3.05, 3.63) is 28.3 Å². The van der Waals surface area contributed by atoms with Gasteiger partial charge in [-0.05, 0) is 37.1 Å². The third-order valence-electron chi connectivity index (χ3n) is 2.48. The predicted molar refractivity (Wildman–Crippen MR) is 64.8 cm³/mol. The molecule has 4 heteroatoms. The summed E-state index contributed by atoms with van der Waals surface area (Å²) in [6.07, 6.45) is 0. The second-order valence-corrected chi connectivity index (χ2v) is 4.03. The Hall–Kier alpha value is -0.730. The summed E-state index contributed by atoms with van der Waals surface area (Å²) in [7, 11) is 0. The second kappa shape index (κ2) is 4.86. The number of alkyl halides is 1. The average molecular weight is 246 g/mol. The van der Waals surface area contributed by atoms with Crippen LogP contribution >= 0.6 is 23.2 Å². The van der Waals surface area contributed by atoms with Crippen molar-refractivity contribution in [1.82, 2.24) is 0 Å². The average Bonchev–Trinajstić information content (AvgIpc) is 2.18. The van der Waals surface area contributed by atoms with Crippen molar-refractivity contribution >= 4 is 34.8 Å². The number of amides is 1. The lowest BCUT2D eigenvalue weighted by atomic mass is 10.1. The van der Waals surface area contributed by atoms with E-state index in [-0.39, 0.29) is 11.9 Å². The number of carbonyl (C=O) groups is 1. The van der Waals surface area contributed by atoms with Gasteiger partial charge in [0.05, 0.1) is 0 Å². The molecule has 0 N–H and O–H groups in total. The van der Waals surface area contributed by atoms with Crippen LogP contribution in [0.15, 0.2) is 12.1 Å². The van der Waals surface area contributed by atoms with Crippen molar-refractivity contribution in [2.24, 2.45) is 0 Å². The zero-order valence-corrected chi connectivity index (χ0v) is 10.5. The maximum absolute atomic E-state index is 11.3. The molecule has 0 heterocycles. The molecular weight excluding hydrogens is 233 g/mol. The van der Waals surface area contributed by atoms with Gasteiger partial charge in [0.25, 0.3) is 0 Å². The first-order valence-corrected chi connectivity index (χ1v) is 5.50. The summed E-state index contributed by atoms with van der Waals surface area (Å²) in [6.45, 7) is 5.35. The Kier molecular flexibility index (Phi) is 4.00. The lowest BCUT2D eigenvalue weighted by Gasteiger charge is -2.21. The first-order chi connectivity index (χ1) is 6.99. The van der Waals surface area contributed by atoms with E-state index in [2.05, 4.69) is 0 Å². The van der Waals surface area contributed by atoms with Crippen molar-refractivity contribution in [2.75, 3.05) is 10.9 Å². The fourth-order valence-corrected chi connectivity index (χ4v) is 1.89. The summed E-state index contributed by atoms with van der Waals surface area (Å²) in [5, 5.41) is 0.703. The number of anilines is 1. The van der Waals surface area contributed by atoms with Crippen molar-refractivity contribution < 1.29 is 4.79 Å². The largest absolute Gasteiger partial charge is 0.298 e. The van der Waals surface area contributed by atoms with Crippen LogP contribution < -0.4 is 4.90 Å². The van der Waals surface area contributed by atoms with Crippen LogP contribution in [0.25, 0.3) is 0 Å². The van der Waals surface area contributed by atoms with E-state index in [0.717, 1.165) is 16.8 Å². The Labute approximate surface area is 99.8 Å². The highest BCUT2D eigenvalue weighted by molar-refractivity contribution is 6.31. The normalized spacial score (nSPS) is 10.2. The molecule has 0 fully saturated rings. The van der Waals surface area contributed by atoms with Gasteiger partial charge in [0, 0.05) is 17.6 Å². The molecule has 0 aliphatic rings. The molecule has 0 spiro atoms. The Morgan fingerprint density at radius 2 is 1.93 bits per heavy atom. The van der Waals surface area contributed by atoms with Gasteiger partial charge in [-0.1, -0.05) is 11.6 Å². The summed E-state index contributed by atoms with van der Waals surface area (Å²) in [5.74, 6) is -0.0742. The molecule has 0 unspecified atom stereocenters. The predicted octanol–water partition coefficient (Wildman–Crippen LogP) is 3.51. The zero-order chi connectivity index (χ0) is 11.6. The van der Waals surface area contributed by atoms with Crippen LogP contribution in [-0.2, 0) is 4.79 Å². The Balaban J connectivity index is 3.25. The number of carbonyl (C=O) groups excluding carboxylic acids is 1. The summed E-state index contributed by atoms with van der Waals surface area (Å²) in [5.41, 5.74) is 2.78. The fourth-order valence-electron chi connectivity index (χ4n) is 1.38. The number of hydrogen-bond donors (Lipinski definition) is 0. The molecule has 1 amide bonds. The van der Waals surface area contributed by atoms with Crippen LogP contribution in [0.3, 0.4) is 0 Å². The minimum absolute atomic E-state index is 0.0742. The van der Waals surface area contributed by atoms with Crippen LogP contribution in [-0.4, -0.2) is 11.9 Å². The van der Waals surface area contributed by atoms with Gasteiger partial charge in [-0.15, -0.1) is 11.6 Å². The SMILES string of the molecule is CC(=O)N(CCl)c1ccc(Cl)c(C)c1C. The van der Waals surface area contributed by atoms with E-state index in [4.69, 9.17) is 23.2 Å². The third-order valence-corrected chi connectivity index (χ3v) is 3.13. The molecule has 1 rings (SSSR count). The fraction of sp³-hybridized carbons (Fsp3) is 0.364. The first-order valence-electron chi connectivity index (χ1n) is 4.58. The molecule has 0 aromatic heterocycles. The van der Waals surface area contributed by atoms with E-state index >= 15 is 0 Å².